The van der Waals surface area contributed by atoms with Gasteiger partial charge in [0.15, 0.2) is 17.8 Å². The van der Waals surface area contributed by atoms with E-state index in [-0.39, 0.29) is 21.7 Å². The molecule has 0 saturated heterocycles. The summed E-state index contributed by atoms with van der Waals surface area (Å²) in [6, 6.07) is 109. The number of ether oxygens (including phenoxy) is 2. The van der Waals surface area contributed by atoms with Crippen LogP contribution < -0.4 is 24.2 Å². The highest BCUT2D eigenvalue weighted by Gasteiger charge is 2.41. The molecule has 0 spiro atoms. The maximum Gasteiger partial charge on any atom is 0.183 e. The third kappa shape index (κ3) is 9.77. The summed E-state index contributed by atoms with van der Waals surface area (Å²) < 4.78 is 12.1. The number of carbonyl (C=O) groups is 1. The lowest BCUT2D eigenvalue weighted by Gasteiger charge is -2.30. The molecule has 0 atom stereocenters. The van der Waals surface area contributed by atoms with Gasteiger partial charge in [0.05, 0.1) is 4.88 Å². The standard InChI is InChI=1S/C97H77N3O3S/c1-94(2)82-21-13-9-17-74(82)78-49-45-70(55-86(78)94)99(71-46-50-79-75-18-10-14-22-83(75)95(3,4)87(79)56-71)68-39-29-62(30-40-68)60-25-35-65(36-26-60)98(67-43-33-64(34-44-67)93-92-91(90(59-101)104-93)102-53-54-103-92)66-37-27-61(28-38-66)63-31-41-69(42-32-63)100(72-47-51-80-76-19-11-15-23-84(76)96(5,6)88(80)57-72)73-48-52-81-77-20-12-16-24-85(77)97(7,8)89(81)58-73/h9-52,55-59H,53-54H2,1-8H3. The molecule has 0 amide bonds. The highest BCUT2D eigenvalue weighted by atomic mass is 32.1. The van der Waals surface area contributed by atoms with Crippen molar-refractivity contribution in [2.75, 3.05) is 27.9 Å². The van der Waals surface area contributed by atoms with E-state index >= 15 is 0 Å². The Hall–Kier alpha value is -11.8. The van der Waals surface area contributed by atoms with Crippen LogP contribution in [0, 0.1) is 0 Å². The second-order valence-electron chi connectivity index (χ2n) is 30.6. The highest BCUT2D eigenvalue weighted by molar-refractivity contribution is 7.18. The van der Waals surface area contributed by atoms with Gasteiger partial charge in [-0.25, -0.2) is 0 Å². The molecule has 0 bridgehead atoms. The van der Waals surface area contributed by atoms with E-state index in [0.29, 0.717) is 29.6 Å². The molecule has 5 aliphatic rings. The number of nitrogens with zero attached hydrogens (tertiary/aromatic N) is 3. The third-order valence-corrected chi connectivity index (χ3v) is 24.5. The molecule has 504 valence electrons. The minimum absolute atomic E-state index is 0.156. The highest BCUT2D eigenvalue weighted by Crippen LogP contribution is 2.57. The van der Waals surface area contributed by atoms with Crippen LogP contribution in [0.15, 0.2) is 291 Å². The summed E-state index contributed by atoms with van der Waals surface area (Å²) in [6.07, 6.45) is 0.866. The summed E-state index contributed by atoms with van der Waals surface area (Å²) in [5.41, 5.74) is 35.8. The first-order chi connectivity index (χ1) is 50.5. The van der Waals surface area contributed by atoms with Crippen LogP contribution in [0.3, 0.4) is 0 Å². The predicted octanol–water partition coefficient (Wildman–Crippen LogP) is 26.0. The monoisotopic (exact) mass is 1360 g/mol. The zero-order chi connectivity index (χ0) is 70.5. The molecule has 19 rings (SSSR count). The van der Waals surface area contributed by atoms with Crippen LogP contribution in [0.4, 0.5) is 51.2 Å². The molecule has 7 heteroatoms. The summed E-state index contributed by atoms with van der Waals surface area (Å²) in [5, 5.41) is 0. The van der Waals surface area contributed by atoms with Crippen LogP contribution in [0.5, 0.6) is 11.5 Å². The van der Waals surface area contributed by atoms with Crippen molar-refractivity contribution in [2.45, 2.75) is 77.0 Å². The molecule has 0 radical (unpaired) electrons. The van der Waals surface area contributed by atoms with E-state index in [0.717, 1.165) is 90.2 Å². The number of rotatable bonds is 13. The van der Waals surface area contributed by atoms with Crippen LogP contribution in [0.2, 0.25) is 0 Å². The van der Waals surface area contributed by atoms with E-state index in [1.807, 2.05) is 0 Å². The number of carbonyl (C=O) groups excluding carboxylic acids is 1. The molecule has 0 saturated carbocycles. The molecule has 13 aromatic carbocycles. The van der Waals surface area contributed by atoms with Crippen LogP contribution >= 0.6 is 11.3 Å². The molecule has 0 fully saturated rings. The van der Waals surface area contributed by atoms with Crippen molar-refractivity contribution in [1.29, 1.82) is 0 Å². The van der Waals surface area contributed by atoms with Gasteiger partial charge in [-0.15, -0.1) is 11.3 Å². The number of hydrogen-bond acceptors (Lipinski definition) is 7. The summed E-state index contributed by atoms with van der Waals surface area (Å²) >= 11 is 1.40. The molecule has 0 N–H and O–H groups in total. The van der Waals surface area contributed by atoms with Gasteiger partial charge in [0.25, 0.3) is 0 Å². The maximum atomic E-state index is 12.3. The second kappa shape index (κ2) is 23.6. The molecular weight excluding hydrogens is 1290 g/mol. The van der Waals surface area contributed by atoms with Crippen molar-refractivity contribution < 1.29 is 14.3 Å². The Morgan fingerprint density at radius 2 is 0.500 bits per heavy atom. The summed E-state index contributed by atoms with van der Waals surface area (Å²) in [7, 11) is 0. The fourth-order valence-electron chi connectivity index (χ4n) is 17.9. The minimum Gasteiger partial charge on any atom is -0.485 e. The van der Waals surface area contributed by atoms with Gasteiger partial charge in [-0.2, -0.15) is 0 Å². The van der Waals surface area contributed by atoms with E-state index in [4.69, 9.17) is 9.47 Å². The number of benzene rings is 13. The Balaban J connectivity index is 0.660. The van der Waals surface area contributed by atoms with Gasteiger partial charge in [0.1, 0.15) is 18.1 Å². The number of aldehydes is 1. The average Bonchev–Trinajstić information content (AvgIpc) is 1.62. The van der Waals surface area contributed by atoms with Crippen molar-refractivity contribution in [2.24, 2.45) is 0 Å². The Bertz CT molecular complexity index is 5300. The van der Waals surface area contributed by atoms with Crippen LogP contribution in [-0.4, -0.2) is 19.5 Å². The zero-order valence-corrected chi connectivity index (χ0v) is 60.5. The number of anilines is 9. The van der Waals surface area contributed by atoms with Gasteiger partial charge >= 0.3 is 0 Å². The quantitative estimate of drug-likeness (QED) is 0.107. The Morgan fingerprint density at radius 3 is 0.779 bits per heavy atom. The average molecular weight is 1360 g/mol. The Labute approximate surface area is 613 Å². The van der Waals surface area contributed by atoms with Gasteiger partial charge in [0.2, 0.25) is 0 Å². The van der Waals surface area contributed by atoms with Gasteiger partial charge in [-0.1, -0.05) is 237 Å². The second-order valence-corrected chi connectivity index (χ2v) is 31.7. The summed E-state index contributed by atoms with van der Waals surface area (Å²) in [4.78, 5) is 20.9. The SMILES string of the molecule is CC1(C)c2ccccc2-c2ccc(N(c3ccc(-c4ccc(N(c5ccc(-c6ccc(N(c7ccc8c(c7)C(C)(C)c7ccccc7-8)c7ccc8c(c7)C(C)(C)c7ccccc7-8)cc6)cc5)c5ccc(-c6sc(C=O)c7c6OCCO7)cc5)cc4)cc3)c3ccc4c(c3)C(C)(C)c3ccccc3-4)cc21. The van der Waals surface area contributed by atoms with Crippen LogP contribution in [-0.2, 0) is 21.7 Å². The van der Waals surface area contributed by atoms with E-state index in [2.05, 4.69) is 361 Å². The molecule has 1 aliphatic heterocycles. The number of fused-ring (bicyclic) bond motifs is 13. The van der Waals surface area contributed by atoms with Crippen molar-refractivity contribution in [3.63, 3.8) is 0 Å². The van der Waals surface area contributed by atoms with Crippen LogP contribution in [0.25, 0.3) is 77.2 Å². The Morgan fingerprint density at radius 1 is 0.269 bits per heavy atom. The van der Waals surface area contributed by atoms with Crippen molar-refractivity contribution in [3.05, 3.63) is 341 Å². The molecule has 14 aromatic rings. The first-order valence-corrected chi connectivity index (χ1v) is 37.1. The summed E-state index contributed by atoms with van der Waals surface area (Å²) in [5.74, 6) is 1.17. The Kier molecular flexibility index (Phi) is 14.4. The van der Waals surface area contributed by atoms with E-state index in [1.54, 1.807) is 0 Å². The maximum absolute atomic E-state index is 12.3. The van der Waals surface area contributed by atoms with Crippen LogP contribution in [0.1, 0.15) is 110 Å². The lowest BCUT2D eigenvalue weighted by molar-refractivity contribution is 0.111. The first-order valence-electron chi connectivity index (χ1n) is 36.3. The van der Waals surface area contributed by atoms with Gasteiger partial charge < -0.3 is 24.2 Å². The predicted molar refractivity (Wildman–Crippen MR) is 431 cm³/mol. The molecule has 104 heavy (non-hydrogen) atoms. The fourth-order valence-corrected chi connectivity index (χ4v) is 18.9. The molecule has 6 nitrogen and oxygen atoms in total. The fraction of sp³-hybridized carbons (Fsp3) is 0.144. The normalized spacial score (nSPS) is 15.0. The topological polar surface area (TPSA) is 45.2 Å². The number of hydrogen-bond donors (Lipinski definition) is 0. The largest absolute Gasteiger partial charge is 0.485 e. The van der Waals surface area contributed by atoms with E-state index in [9.17, 15) is 4.79 Å². The smallest absolute Gasteiger partial charge is 0.183 e. The third-order valence-electron chi connectivity index (χ3n) is 23.4. The van der Waals surface area contributed by atoms with Gasteiger partial charge in [0, 0.05) is 72.8 Å². The molecule has 4 aliphatic carbocycles. The van der Waals surface area contributed by atoms with Crippen molar-refractivity contribution in [1.82, 2.24) is 0 Å². The minimum atomic E-state index is -0.156. The van der Waals surface area contributed by atoms with Gasteiger partial charge in [-0.3, -0.25) is 4.79 Å². The number of thiophene rings is 1. The first kappa shape index (κ1) is 63.2. The lowest BCUT2D eigenvalue weighted by Crippen LogP contribution is -2.18. The van der Waals surface area contributed by atoms with Crippen molar-refractivity contribution >= 4 is 68.8 Å². The van der Waals surface area contributed by atoms with E-state index < -0.39 is 0 Å². The lowest BCUT2D eigenvalue weighted by atomic mass is 9.82. The molecule has 1 aromatic heterocycles. The molecule has 2 heterocycles. The van der Waals surface area contributed by atoms with E-state index in [1.165, 1.54) is 100 Å². The zero-order valence-electron chi connectivity index (χ0n) is 59.7. The van der Waals surface area contributed by atoms with Crippen molar-refractivity contribution in [3.8, 4) is 88.7 Å². The molecular formula is C97H77N3O3S. The molecule has 0 unspecified atom stereocenters. The summed E-state index contributed by atoms with van der Waals surface area (Å²) in [6.45, 7) is 19.7. The van der Waals surface area contributed by atoms with Gasteiger partial charge in [-0.05, 0) is 226 Å².